The number of ether oxygens (including phenoxy) is 2. The van der Waals surface area contributed by atoms with Gasteiger partial charge in [0.25, 0.3) is 0 Å². The molecule has 1 aromatic rings. The molecule has 1 aromatic carbocycles. The van der Waals surface area contributed by atoms with Gasteiger partial charge < -0.3 is 14.8 Å². The van der Waals surface area contributed by atoms with E-state index in [0.717, 1.165) is 5.56 Å². The van der Waals surface area contributed by atoms with Crippen LogP contribution in [0.15, 0.2) is 30.3 Å². The number of hydrogen-bond acceptors (Lipinski definition) is 5. The van der Waals surface area contributed by atoms with Crippen LogP contribution in [0.3, 0.4) is 0 Å². The lowest BCUT2D eigenvalue weighted by Crippen LogP contribution is -2.44. The van der Waals surface area contributed by atoms with E-state index in [-0.39, 0.29) is 13.0 Å². The van der Waals surface area contributed by atoms with Crippen LogP contribution in [0.2, 0.25) is 0 Å². The maximum absolute atomic E-state index is 12.0. The highest BCUT2D eigenvalue weighted by molar-refractivity contribution is 5.81. The number of rotatable bonds is 5. The maximum atomic E-state index is 12.0. The Kier molecular flexibility index (Phi) is 6.39. The Balaban J connectivity index is 2.56. The molecule has 1 atom stereocenters. The van der Waals surface area contributed by atoms with Crippen LogP contribution in [0.5, 0.6) is 0 Å². The molecular formula is C16H20N2O4. The van der Waals surface area contributed by atoms with Crippen LogP contribution in [-0.4, -0.2) is 23.7 Å². The molecule has 0 spiro atoms. The molecule has 6 nitrogen and oxygen atoms in total. The average molecular weight is 304 g/mol. The Hall–Kier alpha value is -2.55. The third-order valence-electron chi connectivity index (χ3n) is 2.49. The molecule has 0 saturated carbocycles. The van der Waals surface area contributed by atoms with Gasteiger partial charge in [-0.15, -0.1) is 0 Å². The summed E-state index contributed by atoms with van der Waals surface area (Å²) in [6, 6.07) is 9.93. The van der Waals surface area contributed by atoms with E-state index in [1.165, 1.54) is 0 Å². The Morgan fingerprint density at radius 1 is 1.27 bits per heavy atom. The number of alkyl carbamates (subject to hydrolysis) is 1. The smallest absolute Gasteiger partial charge is 0.408 e. The van der Waals surface area contributed by atoms with Crippen LogP contribution in [0, 0.1) is 11.3 Å². The number of nitrogens with one attached hydrogen (secondary N) is 1. The molecule has 0 unspecified atom stereocenters. The molecule has 0 heterocycles. The molecule has 1 amide bonds. The van der Waals surface area contributed by atoms with Crippen molar-refractivity contribution < 1.29 is 19.1 Å². The molecular weight excluding hydrogens is 284 g/mol. The number of hydrogen-bond donors (Lipinski definition) is 1. The van der Waals surface area contributed by atoms with Gasteiger partial charge in [0.05, 0.1) is 12.5 Å². The molecule has 6 heteroatoms. The molecule has 1 rings (SSSR count). The zero-order valence-corrected chi connectivity index (χ0v) is 13.0. The number of carbonyl (C=O) groups excluding carboxylic acids is 2. The molecule has 0 radical (unpaired) electrons. The first-order valence-corrected chi connectivity index (χ1v) is 6.89. The van der Waals surface area contributed by atoms with Gasteiger partial charge in [-0.1, -0.05) is 30.3 Å². The minimum Gasteiger partial charge on any atom is -0.459 e. The summed E-state index contributed by atoms with van der Waals surface area (Å²) in [5.74, 6) is -0.670. The zero-order chi connectivity index (χ0) is 16.6. The highest BCUT2D eigenvalue weighted by Gasteiger charge is 2.25. The van der Waals surface area contributed by atoms with E-state index in [9.17, 15) is 9.59 Å². The monoisotopic (exact) mass is 304 g/mol. The van der Waals surface area contributed by atoms with Crippen LogP contribution >= 0.6 is 0 Å². The second kappa shape index (κ2) is 8.03. The summed E-state index contributed by atoms with van der Waals surface area (Å²) < 4.78 is 10.2. The van der Waals surface area contributed by atoms with Gasteiger partial charge in [-0.05, 0) is 26.3 Å². The molecule has 0 bridgehead atoms. The quantitative estimate of drug-likeness (QED) is 0.844. The van der Waals surface area contributed by atoms with Gasteiger partial charge >= 0.3 is 12.1 Å². The Bertz CT molecular complexity index is 544. The topological polar surface area (TPSA) is 88.4 Å². The number of carbonyl (C=O) groups is 2. The number of amides is 1. The SMILES string of the molecule is CC(C)(C)OC(=O)N[C@@H](CC#N)C(=O)OCc1ccccc1. The summed E-state index contributed by atoms with van der Waals surface area (Å²) in [4.78, 5) is 23.6. The number of esters is 1. The lowest BCUT2D eigenvalue weighted by molar-refractivity contribution is -0.147. The number of nitriles is 1. The van der Waals surface area contributed by atoms with Crippen molar-refractivity contribution in [1.82, 2.24) is 5.32 Å². The van der Waals surface area contributed by atoms with Crippen molar-refractivity contribution in [2.75, 3.05) is 0 Å². The van der Waals surface area contributed by atoms with E-state index < -0.39 is 23.7 Å². The van der Waals surface area contributed by atoms with Crippen LogP contribution in [0.4, 0.5) is 4.79 Å². The normalized spacial score (nSPS) is 11.9. The first-order valence-electron chi connectivity index (χ1n) is 6.89. The molecule has 0 aromatic heterocycles. The summed E-state index contributed by atoms with van der Waals surface area (Å²) >= 11 is 0. The minimum absolute atomic E-state index is 0.0810. The highest BCUT2D eigenvalue weighted by Crippen LogP contribution is 2.08. The van der Waals surface area contributed by atoms with Gasteiger partial charge in [0.15, 0.2) is 0 Å². The molecule has 0 fully saturated rings. The first kappa shape index (κ1) is 17.5. The van der Waals surface area contributed by atoms with E-state index in [4.69, 9.17) is 14.7 Å². The van der Waals surface area contributed by atoms with E-state index in [2.05, 4.69) is 5.32 Å². The summed E-state index contributed by atoms with van der Waals surface area (Å²) in [5.41, 5.74) is 0.138. The Morgan fingerprint density at radius 2 is 1.91 bits per heavy atom. The fourth-order valence-electron chi connectivity index (χ4n) is 1.56. The predicted molar refractivity (Wildman–Crippen MR) is 79.6 cm³/mol. The van der Waals surface area contributed by atoms with Gasteiger partial charge in [0, 0.05) is 0 Å². The van der Waals surface area contributed by atoms with Crippen LogP contribution in [0.1, 0.15) is 32.8 Å². The highest BCUT2D eigenvalue weighted by atomic mass is 16.6. The average Bonchev–Trinajstić information content (AvgIpc) is 2.43. The van der Waals surface area contributed by atoms with Gasteiger partial charge in [-0.3, -0.25) is 0 Å². The van der Waals surface area contributed by atoms with Crippen molar-refractivity contribution in [3.05, 3.63) is 35.9 Å². The summed E-state index contributed by atoms with van der Waals surface area (Å²) in [6.07, 6.45) is -0.947. The second-order valence-electron chi connectivity index (χ2n) is 5.65. The predicted octanol–water partition coefficient (Wildman–Crippen LogP) is 2.54. The second-order valence-corrected chi connectivity index (χ2v) is 5.65. The third-order valence-corrected chi connectivity index (χ3v) is 2.49. The van der Waals surface area contributed by atoms with E-state index in [1.54, 1.807) is 20.8 Å². The largest absolute Gasteiger partial charge is 0.459 e. The van der Waals surface area contributed by atoms with Crippen molar-refractivity contribution in [3.63, 3.8) is 0 Å². The van der Waals surface area contributed by atoms with Gasteiger partial charge in [-0.25, -0.2) is 9.59 Å². The van der Waals surface area contributed by atoms with Gasteiger partial charge in [0.2, 0.25) is 0 Å². The van der Waals surface area contributed by atoms with Gasteiger partial charge in [-0.2, -0.15) is 5.26 Å². The molecule has 0 aliphatic rings. The Morgan fingerprint density at radius 3 is 2.45 bits per heavy atom. The number of benzene rings is 1. The minimum atomic E-state index is -1.05. The van der Waals surface area contributed by atoms with E-state index in [0.29, 0.717) is 0 Å². The van der Waals surface area contributed by atoms with Crippen molar-refractivity contribution in [2.24, 2.45) is 0 Å². The lowest BCUT2D eigenvalue weighted by Gasteiger charge is -2.22. The Labute approximate surface area is 130 Å². The van der Waals surface area contributed by atoms with Crippen molar-refractivity contribution in [3.8, 4) is 6.07 Å². The molecule has 118 valence electrons. The summed E-state index contributed by atoms with van der Waals surface area (Å²) in [6.45, 7) is 5.20. The van der Waals surface area contributed by atoms with Crippen LogP contribution in [-0.2, 0) is 20.9 Å². The van der Waals surface area contributed by atoms with E-state index >= 15 is 0 Å². The fraction of sp³-hybridized carbons (Fsp3) is 0.438. The fourth-order valence-corrected chi connectivity index (χ4v) is 1.56. The summed E-state index contributed by atoms with van der Waals surface area (Å²) in [7, 11) is 0. The molecule has 0 saturated heterocycles. The third kappa shape index (κ3) is 6.75. The standard InChI is InChI=1S/C16H20N2O4/c1-16(2,3)22-15(20)18-13(9-10-17)14(19)21-11-12-7-5-4-6-8-12/h4-8,13H,9,11H2,1-3H3,(H,18,20)/t13-/m0/s1. The molecule has 22 heavy (non-hydrogen) atoms. The molecule has 0 aliphatic carbocycles. The zero-order valence-electron chi connectivity index (χ0n) is 13.0. The number of nitrogens with zero attached hydrogens (tertiary/aromatic N) is 1. The van der Waals surface area contributed by atoms with Crippen molar-refractivity contribution in [1.29, 1.82) is 5.26 Å². The summed E-state index contributed by atoms with van der Waals surface area (Å²) in [5, 5.41) is 11.1. The first-order chi connectivity index (χ1) is 10.3. The van der Waals surface area contributed by atoms with Gasteiger partial charge in [0.1, 0.15) is 18.2 Å². The van der Waals surface area contributed by atoms with Crippen LogP contribution < -0.4 is 5.32 Å². The van der Waals surface area contributed by atoms with Crippen LogP contribution in [0.25, 0.3) is 0 Å². The van der Waals surface area contributed by atoms with Crippen molar-refractivity contribution in [2.45, 2.75) is 45.4 Å². The molecule has 1 N–H and O–H groups in total. The maximum Gasteiger partial charge on any atom is 0.408 e. The van der Waals surface area contributed by atoms with Crippen molar-refractivity contribution >= 4 is 12.1 Å². The lowest BCUT2D eigenvalue weighted by atomic mass is 10.2. The molecule has 0 aliphatic heterocycles. The van der Waals surface area contributed by atoms with E-state index in [1.807, 2.05) is 36.4 Å².